The maximum absolute atomic E-state index is 15.2. The highest BCUT2D eigenvalue weighted by Gasteiger charge is 2.66. The van der Waals surface area contributed by atoms with Crippen LogP contribution in [-0.4, -0.2) is 34.9 Å². The largest absolute Gasteiger partial charge is 0.433 e. The van der Waals surface area contributed by atoms with Gasteiger partial charge in [-0.05, 0) is 63.8 Å². The number of halogens is 4. The summed E-state index contributed by atoms with van der Waals surface area (Å²) in [4.78, 5) is 4.87. The third-order valence-electron chi connectivity index (χ3n) is 6.88. The van der Waals surface area contributed by atoms with Gasteiger partial charge in [0, 0.05) is 29.6 Å². The second-order valence-corrected chi connectivity index (χ2v) is 12.1. The van der Waals surface area contributed by atoms with Crippen molar-refractivity contribution in [3.05, 3.63) is 60.0 Å². The smallest absolute Gasteiger partial charge is 0.345 e. The van der Waals surface area contributed by atoms with Gasteiger partial charge in [-0.25, -0.2) is 12.8 Å². The fourth-order valence-electron chi connectivity index (χ4n) is 5.25. The van der Waals surface area contributed by atoms with E-state index in [1.54, 1.807) is 6.08 Å². The van der Waals surface area contributed by atoms with E-state index in [1.165, 1.54) is 6.08 Å². The predicted octanol–water partition coefficient (Wildman–Crippen LogP) is 4.55. The number of nitrogens with one attached hydrogen (secondary N) is 1. The molecular formula is C23H24F4N4O2S. The molecule has 0 amide bonds. The average Bonchev–Trinajstić information content (AvgIpc) is 3.50. The minimum Gasteiger partial charge on any atom is -0.345 e. The topological polar surface area (TPSA) is 74.7 Å². The van der Waals surface area contributed by atoms with Gasteiger partial charge < -0.3 is 4.90 Å². The second kappa shape index (κ2) is 7.16. The lowest BCUT2D eigenvalue weighted by atomic mass is 9.63. The Morgan fingerprint density at radius 2 is 1.85 bits per heavy atom. The van der Waals surface area contributed by atoms with Crippen molar-refractivity contribution in [3.63, 3.8) is 0 Å². The summed E-state index contributed by atoms with van der Waals surface area (Å²) < 4.78 is 81.9. The summed E-state index contributed by atoms with van der Waals surface area (Å²) in [6.07, 6.45) is 4.46. The number of hydrazone groups is 1. The molecule has 1 N–H and O–H groups in total. The third kappa shape index (κ3) is 3.23. The van der Waals surface area contributed by atoms with Crippen LogP contribution in [0.1, 0.15) is 39.3 Å². The Bertz CT molecular complexity index is 1260. The average molecular weight is 497 g/mol. The van der Waals surface area contributed by atoms with Crippen molar-refractivity contribution < 1.29 is 26.0 Å². The molecule has 2 aliphatic heterocycles. The Balaban J connectivity index is 1.69. The summed E-state index contributed by atoms with van der Waals surface area (Å²) in [6, 6.07) is 1.53. The summed E-state index contributed by atoms with van der Waals surface area (Å²) in [7, 11) is -4.33. The molecule has 6 nitrogen and oxygen atoms in total. The van der Waals surface area contributed by atoms with E-state index < -0.39 is 43.9 Å². The lowest BCUT2D eigenvalue weighted by molar-refractivity contribution is -0.141. The summed E-state index contributed by atoms with van der Waals surface area (Å²) in [6.45, 7) is 5.88. The summed E-state index contributed by atoms with van der Waals surface area (Å²) in [5, 5.41) is 2.75. The molecule has 2 aliphatic carbocycles. The Hall–Kier alpha value is -2.69. The van der Waals surface area contributed by atoms with Crippen LogP contribution in [0, 0.1) is 17.3 Å². The Kier molecular flexibility index (Phi) is 4.86. The molecule has 5 rings (SSSR count). The number of sulfone groups is 1. The van der Waals surface area contributed by atoms with Crippen LogP contribution >= 0.6 is 0 Å². The number of allylic oxidation sites excluding steroid dienone is 4. The monoisotopic (exact) mass is 496 g/mol. The molecule has 0 radical (unpaired) electrons. The third-order valence-corrected chi connectivity index (χ3v) is 8.88. The fraction of sp³-hybridized carbons (Fsp3) is 0.478. The molecule has 0 bridgehead atoms. The van der Waals surface area contributed by atoms with E-state index >= 15 is 4.39 Å². The maximum Gasteiger partial charge on any atom is 0.433 e. The van der Waals surface area contributed by atoms with Crippen molar-refractivity contribution in [2.75, 3.05) is 0 Å². The molecule has 11 heteroatoms. The summed E-state index contributed by atoms with van der Waals surface area (Å²) in [5.41, 5.74) is 0.241. The van der Waals surface area contributed by atoms with Crippen molar-refractivity contribution >= 4 is 15.5 Å². The van der Waals surface area contributed by atoms with E-state index in [0.717, 1.165) is 18.9 Å². The van der Waals surface area contributed by atoms with Crippen molar-refractivity contribution in [2.24, 2.45) is 22.4 Å². The number of rotatable bonds is 3. The second-order valence-electron chi connectivity index (χ2n) is 10.1. The van der Waals surface area contributed by atoms with Gasteiger partial charge in [0.05, 0.1) is 4.90 Å². The first kappa shape index (κ1) is 23.1. The normalized spacial score (nSPS) is 29.0. The lowest BCUT2D eigenvalue weighted by Gasteiger charge is -2.53. The Morgan fingerprint density at radius 1 is 1.15 bits per heavy atom. The zero-order valence-corrected chi connectivity index (χ0v) is 19.6. The molecule has 4 aliphatic rings. The number of hydrogen-bond acceptors (Lipinski definition) is 6. The van der Waals surface area contributed by atoms with E-state index in [1.807, 2.05) is 37.9 Å². The van der Waals surface area contributed by atoms with Crippen LogP contribution in [0.5, 0.6) is 0 Å². The molecule has 1 aromatic rings. The molecule has 3 atom stereocenters. The van der Waals surface area contributed by atoms with Crippen molar-refractivity contribution in [3.8, 4) is 0 Å². The highest BCUT2D eigenvalue weighted by Crippen LogP contribution is 2.60. The van der Waals surface area contributed by atoms with E-state index in [4.69, 9.17) is 0 Å². The quantitative estimate of drug-likeness (QED) is 0.622. The number of hydrogen-bond donors (Lipinski definition) is 1. The summed E-state index contributed by atoms with van der Waals surface area (Å²) >= 11 is 0. The number of nitrogens with zero attached hydrogens (tertiary/aromatic N) is 3. The van der Waals surface area contributed by atoms with Crippen LogP contribution in [0.4, 0.5) is 17.6 Å². The van der Waals surface area contributed by atoms with Crippen LogP contribution in [0.15, 0.2) is 64.3 Å². The maximum atomic E-state index is 15.2. The van der Waals surface area contributed by atoms with Gasteiger partial charge in [0.15, 0.2) is 5.37 Å². The van der Waals surface area contributed by atoms with Crippen LogP contribution in [0.3, 0.4) is 0 Å². The highest BCUT2D eigenvalue weighted by atomic mass is 32.2. The molecule has 1 fully saturated rings. The SMILES string of the molecule is CC(C)(C)N1C=CC(C2CC2)C23C1=CC=C(F)C2=NN[C@@H]3S(=O)(=O)c1ccc(C(F)(F)F)nc1. The van der Waals surface area contributed by atoms with Gasteiger partial charge >= 0.3 is 6.18 Å². The van der Waals surface area contributed by atoms with Gasteiger partial charge in [0.1, 0.15) is 22.6 Å². The first-order chi connectivity index (χ1) is 15.8. The zero-order chi connectivity index (χ0) is 24.7. The summed E-state index contributed by atoms with van der Waals surface area (Å²) in [5.74, 6) is -0.844. The number of pyridine rings is 1. The van der Waals surface area contributed by atoms with Gasteiger partial charge in [-0.3, -0.25) is 10.4 Å². The lowest BCUT2D eigenvalue weighted by Crippen LogP contribution is -2.60. The van der Waals surface area contributed by atoms with Crippen LogP contribution in [0.25, 0.3) is 0 Å². The van der Waals surface area contributed by atoms with E-state index in [0.29, 0.717) is 18.0 Å². The number of aromatic nitrogens is 1. The molecule has 1 saturated carbocycles. The van der Waals surface area contributed by atoms with Gasteiger partial charge in [0.25, 0.3) is 0 Å². The number of alkyl halides is 3. The van der Waals surface area contributed by atoms with Crippen molar-refractivity contribution in [1.29, 1.82) is 0 Å². The van der Waals surface area contributed by atoms with Crippen molar-refractivity contribution in [1.82, 2.24) is 15.3 Å². The fourth-order valence-corrected chi connectivity index (χ4v) is 7.05. The first-order valence-corrected chi connectivity index (χ1v) is 12.5. The molecule has 1 spiro atoms. The molecule has 3 heterocycles. The van der Waals surface area contributed by atoms with Crippen molar-refractivity contribution in [2.45, 2.75) is 55.6 Å². The van der Waals surface area contributed by atoms with Gasteiger partial charge in [-0.15, -0.1) is 0 Å². The standard InChI is InChI=1S/C23H24F4N4O2S/c1-21(2,3)31-11-10-15(13-4-5-13)22-18(31)9-7-16(24)19(22)29-30-20(22)34(32,33)14-6-8-17(28-12-14)23(25,26)27/h6-13,15,20,30H,4-5H2,1-3H3/t15?,20-,22?/m1/s1. The minimum absolute atomic E-state index is 0.00828. The minimum atomic E-state index is -4.70. The molecule has 182 valence electrons. The molecular weight excluding hydrogens is 472 g/mol. The first-order valence-electron chi connectivity index (χ1n) is 11.0. The van der Waals surface area contributed by atoms with Crippen LogP contribution in [-0.2, 0) is 16.0 Å². The van der Waals surface area contributed by atoms with E-state index in [-0.39, 0.29) is 22.4 Å². The van der Waals surface area contributed by atoms with Gasteiger partial charge in [-0.2, -0.15) is 18.3 Å². The van der Waals surface area contributed by atoms with Crippen LogP contribution < -0.4 is 5.43 Å². The zero-order valence-electron chi connectivity index (χ0n) is 18.8. The molecule has 2 unspecified atom stereocenters. The Labute approximate surface area is 195 Å². The molecule has 34 heavy (non-hydrogen) atoms. The van der Waals surface area contributed by atoms with E-state index in [9.17, 15) is 21.6 Å². The van der Waals surface area contributed by atoms with Crippen LogP contribution in [0.2, 0.25) is 0 Å². The molecule has 0 aromatic carbocycles. The van der Waals surface area contributed by atoms with Gasteiger partial charge in [-0.1, -0.05) is 6.08 Å². The van der Waals surface area contributed by atoms with Gasteiger partial charge in [0.2, 0.25) is 9.84 Å². The molecule has 1 aromatic heterocycles. The Morgan fingerprint density at radius 3 is 2.41 bits per heavy atom. The van der Waals surface area contributed by atoms with E-state index in [2.05, 4.69) is 15.5 Å². The highest BCUT2D eigenvalue weighted by molar-refractivity contribution is 7.92. The predicted molar refractivity (Wildman–Crippen MR) is 117 cm³/mol. The molecule has 0 saturated heterocycles.